The van der Waals surface area contributed by atoms with Gasteiger partial charge in [-0.15, -0.1) is 0 Å². The number of ether oxygens (including phenoxy) is 2. The van der Waals surface area contributed by atoms with Gasteiger partial charge in [0.15, 0.2) is 11.6 Å². The van der Waals surface area contributed by atoms with Crippen LogP contribution in [0.1, 0.15) is 47.1 Å². The topological polar surface area (TPSA) is 64.6 Å². The summed E-state index contributed by atoms with van der Waals surface area (Å²) in [5, 5.41) is 2.39. The number of hydrogen-bond donors (Lipinski definition) is 1. The van der Waals surface area contributed by atoms with E-state index < -0.39 is 40.9 Å². The Morgan fingerprint density at radius 2 is 1.68 bits per heavy atom. The van der Waals surface area contributed by atoms with Crippen LogP contribution in [0.2, 0.25) is 0 Å². The summed E-state index contributed by atoms with van der Waals surface area (Å²) in [4.78, 5) is 23.8. The Kier molecular flexibility index (Phi) is 6.51. The number of alkyl carbamates (subject to hydrolysis) is 1. The van der Waals surface area contributed by atoms with Crippen LogP contribution in [-0.2, 0) is 20.7 Å². The number of benzene rings is 1. The molecule has 0 saturated heterocycles. The number of nitrogens with one attached hydrogen (secondary N) is 1. The number of amides is 1. The number of hydrogen-bond acceptors (Lipinski definition) is 4. The maximum absolute atomic E-state index is 13.3. The van der Waals surface area contributed by atoms with Crippen molar-refractivity contribution in [2.75, 3.05) is 0 Å². The number of esters is 1. The molecule has 0 spiro atoms. The Morgan fingerprint density at radius 3 is 2.20 bits per heavy atom. The highest BCUT2D eigenvalue weighted by Gasteiger charge is 2.28. The summed E-state index contributed by atoms with van der Waals surface area (Å²) in [6.07, 6.45) is -0.537. The van der Waals surface area contributed by atoms with Crippen molar-refractivity contribution in [3.63, 3.8) is 0 Å². The minimum absolute atomic E-state index is 0.190. The van der Waals surface area contributed by atoms with E-state index in [0.717, 1.165) is 12.1 Å². The first-order valence-corrected chi connectivity index (χ1v) is 7.95. The highest BCUT2D eigenvalue weighted by atomic mass is 19.2. The molecule has 0 heterocycles. The first-order chi connectivity index (χ1) is 11.3. The van der Waals surface area contributed by atoms with E-state index in [0.29, 0.717) is 5.56 Å². The lowest BCUT2D eigenvalue weighted by Gasteiger charge is -2.28. The molecule has 5 nitrogen and oxygen atoms in total. The lowest BCUT2D eigenvalue weighted by molar-refractivity contribution is -0.158. The quantitative estimate of drug-likeness (QED) is 0.816. The summed E-state index contributed by atoms with van der Waals surface area (Å²) in [5.41, 5.74) is -1.16. The average molecular weight is 357 g/mol. The van der Waals surface area contributed by atoms with Crippen molar-refractivity contribution in [2.24, 2.45) is 0 Å². The predicted molar refractivity (Wildman–Crippen MR) is 89.1 cm³/mol. The maximum atomic E-state index is 13.3. The molecule has 0 aliphatic rings. The SMILES string of the molecule is CC(NC(=O)OC(C)(C)C)C(=O)OC(C)(C)Cc1ccc(F)c(F)c1. The van der Waals surface area contributed by atoms with Crippen molar-refractivity contribution in [3.8, 4) is 0 Å². The van der Waals surface area contributed by atoms with Crippen LogP contribution in [0, 0.1) is 11.6 Å². The number of carbonyl (C=O) groups is 2. The smallest absolute Gasteiger partial charge is 0.408 e. The van der Waals surface area contributed by atoms with E-state index in [1.807, 2.05) is 0 Å². The second-order valence-electron chi connectivity index (χ2n) is 7.47. The fourth-order valence-corrected chi connectivity index (χ4v) is 2.08. The molecule has 140 valence electrons. The summed E-state index contributed by atoms with van der Waals surface area (Å²) < 4.78 is 36.7. The Balaban J connectivity index is 2.63. The molecule has 1 atom stereocenters. The lowest BCUT2D eigenvalue weighted by atomic mass is 9.98. The summed E-state index contributed by atoms with van der Waals surface area (Å²) in [7, 11) is 0. The largest absolute Gasteiger partial charge is 0.458 e. The van der Waals surface area contributed by atoms with Gasteiger partial charge in [0.2, 0.25) is 0 Å². The van der Waals surface area contributed by atoms with Crippen LogP contribution in [0.5, 0.6) is 0 Å². The Labute approximate surface area is 146 Å². The second-order valence-corrected chi connectivity index (χ2v) is 7.47. The van der Waals surface area contributed by atoms with Gasteiger partial charge in [0, 0.05) is 6.42 Å². The van der Waals surface area contributed by atoms with Crippen molar-refractivity contribution in [2.45, 2.75) is 65.2 Å². The predicted octanol–water partition coefficient (Wildman–Crippen LogP) is 3.74. The van der Waals surface area contributed by atoms with E-state index in [1.54, 1.807) is 34.6 Å². The molecule has 1 aromatic rings. The van der Waals surface area contributed by atoms with E-state index >= 15 is 0 Å². The van der Waals surface area contributed by atoms with Crippen molar-refractivity contribution < 1.29 is 27.8 Å². The first-order valence-electron chi connectivity index (χ1n) is 7.95. The standard InChI is InChI=1S/C18H25F2NO4/c1-11(21-16(23)25-17(2,3)4)15(22)24-18(5,6)10-12-7-8-13(19)14(20)9-12/h7-9,11H,10H2,1-6H3,(H,21,23). The van der Waals surface area contributed by atoms with Gasteiger partial charge in [-0.3, -0.25) is 0 Å². The van der Waals surface area contributed by atoms with Gasteiger partial charge < -0.3 is 14.8 Å². The molecule has 0 aliphatic heterocycles. The lowest BCUT2D eigenvalue weighted by Crippen LogP contribution is -2.45. The van der Waals surface area contributed by atoms with Crippen molar-refractivity contribution in [1.82, 2.24) is 5.32 Å². The molecule has 1 aromatic carbocycles. The van der Waals surface area contributed by atoms with Crippen LogP contribution < -0.4 is 5.32 Å². The molecule has 0 aromatic heterocycles. The molecular weight excluding hydrogens is 332 g/mol. The van der Waals surface area contributed by atoms with Gasteiger partial charge in [0.05, 0.1) is 0 Å². The maximum Gasteiger partial charge on any atom is 0.408 e. The van der Waals surface area contributed by atoms with Crippen LogP contribution in [0.15, 0.2) is 18.2 Å². The van der Waals surface area contributed by atoms with Gasteiger partial charge in [0.25, 0.3) is 0 Å². The van der Waals surface area contributed by atoms with Gasteiger partial charge >= 0.3 is 12.1 Å². The Morgan fingerprint density at radius 1 is 1.08 bits per heavy atom. The number of rotatable bonds is 5. The normalized spacial score (nSPS) is 13.1. The van der Waals surface area contributed by atoms with Crippen LogP contribution in [0.3, 0.4) is 0 Å². The third kappa shape index (κ3) is 7.49. The van der Waals surface area contributed by atoms with E-state index in [1.165, 1.54) is 13.0 Å². The van der Waals surface area contributed by atoms with Crippen molar-refractivity contribution in [1.29, 1.82) is 0 Å². The Hall–Kier alpha value is -2.18. The van der Waals surface area contributed by atoms with E-state index in [4.69, 9.17) is 9.47 Å². The van der Waals surface area contributed by atoms with Gasteiger partial charge in [-0.2, -0.15) is 0 Å². The highest BCUT2D eigenvalue weighted by molar-refractivity contribution is 5.81. The minimum Gasteiger partial charge on any atom is -0.458 e. The third-order valence-corrected chi connectivity index (χ3v) is 3.08. The molecule has 0 fully saturated rings. The molecule has 1 unspecified atom stereocenters. The highest BCUT2D eigenvalue weighted by Crippen LogP contribution is 2.20. The average Bonchev–Trinajstić information content (AvgIpc) is 2.39. The summed E-state index contributed by atoms with van der Waals surface area (Å²) in [5.74, 6) is -2.55. The van der Waals surface area contributed by atoms with Crippen LogP contribution in [-0.4, -0.2) is 29.3 Å². The third-order valence-electron chi connectivity index (χ3n) is 3.08. The molecule has 0 bridgehead atoms. The monoisotopic (exact) mass is 357 g/mol. The first kappa shape index (κ1) is 20.9. The van der Waals surface area contributed by atoms with Gasteiger partial charge in [-0.1, -0.05) is 6.07 Å². The van der Waals surface area contributed by atoms with Crippen LogP contribution in [0.4, 0.5) is 13.6 Å². The van der Waals surface area contributed by atoms with Crippen molar-refractivity contribution in [3.05, 3.63) is 35.4 Å². The minimum atomic E-state index is -0.967. The van der Waals surface area contributed by atoms with E-state index in [-0.39, 0.29) is 6.42 Å². The summed E-state index contributed by atoms with van der Waals surface area (Å²) >= 11 is 0. The molecule has 0 saturated carbocycles. The number of halogens is 2. The zero-order valence-electron chi connectivity index (χ0n) is 15.4. The van der Waals surface area contributed by atoms with Crippen LogP contribution >= 0.6 is 0 Å². The van der Waals surface area contributed by atoms with E-state index in [9.17, 15) is 18.4 Å². The molecule has 0 radical (unpaired) electrons. The molecule has 1 rings (SSSR count). The molecule has 0 aliphatic carbocycles. The van der Waals surface area contributed by atoms with Gasteiger partial charge in [-0.05, 0) is 59.2 Å². The van der Waals surface area contributed by atoms with Gasteiger partial charge in [-0.25, -0.2) is 18.4 Å². The molecular formula is C18H25F2NO4. The van der Waals surface area contributed by atoms with Crippen LogP contribution in [0.25, 0.3) is 0 Å². The van der Waals surface area contributed by atoms with E-state index in [2.05, 4.69) is 5.32 Å². The molecule has 1 N–H and O–H groups in total. The molecule has 7 heteroatoms. The number of carbonyl (C=O) groups excluding carboxylic acids is 2. The summed E-state index contributed by atoms with van der Waals surface area (Å²) in [6.45, 7) is 9.89. The fraction of sp³-hybridized carbons (Fsp3) is 0.556. The van der Waals surface area contributed by atoms with Gasteiger partial charge in [0.1, 0.15) is 17.2 Å². The second kappa shape index (κ2) is 7.80. The zero-order valence-corrected chi connectivity index (χ0v) is 15.4. The summed E-state index contributed by atoms with van der Waals surface area (Å²) in [6, 6.07) is 2.60. The molecule has 1 amide bonds. The van der Waals surface area contributed by atoms with Crippen molar-refractivity contribution >= 4 is 12.1 Å². The molecule has 25 heavy (non-hydrogen) atoms. The fourth-order valence-electron chi connectivity index (χ4n) is 2.08. The zero-order chi connectivity index (χ0) is 19.4. The Bertz CT molecular complexity index is 638.